The van der Waals surface area contributed by atoms with E-state index in [0.717, 1.165) is 9.58 Å². The molecule has 1 N–H and O–H groups in total. The number of aromatic nitrogens is 1. The van der Waals surface area contributed by atoms with Crippen molar-refractivity contribution in [2.24, 2.45) is 0 Å². The number of nitrogens with zero attached hydrogens (tertiary/aromatic N) is 2. The number of carbonyl (C=O) groups excluding carboxylic acids is 1. The summed E-state index contributed by atoms with van der Waals surface area (Å²) in [7, 11) is 1.60. The van der Waals surface area contributed by atoms with Crippen LogP contribution in [0.15, 0.2) is 36.5 Å². The van der Waals surface area contributed by atoms with Crippen molar-refractivity contribution >= 4 is 27.3 Å². The highest BCUT2D eigenvalue weighted by Gasteiger charge is 2.47. The van der Waals surface area contributed by atoms with Crippen LogP contribution in [0, 0.1) is 12.9 Å². The van der Waals surface area contributed by atoms with E-state index in [9.17, 15) is 26.7 Å². The Bertz CT molecular complexity index is 1120. The number of ether oxygens (including phenoxy) is 1. The molecule has 1 aliphatic rings. The molecule has 178 valence electrons. The molecule has 1 aromatic carbocycles. The van der Waals surface area contributed by atoms with Gasteiger partial charge in [-0.2, -0.15) is 4.39 Å². The largest absolute Gasteiger partial charge is 0.489 e. The fourth-order valence-corrected chi connectivity index (χ4v) is 4.66. The van der Waals surface area contributed by atoms with Crippen molar-refractivity contribution in [3.05, 3.63) is 58.5 Å². The lowest BCUT2D eigenvalue weighted by molar-refractivity contribution is -0.00819. The van der Waals surface area contributed by atoms with Crippen molar-refractivity contribution < 1.29 is 31.5 Å². The van der Waals surface area contributed by atoms with Crippen molar-refractivity contribution in [3.8, 4) is 5.75 Å². The van der Waals surface area contributed by atoms with Crippen LogP contribution in [0.3, 0.4) is 0 Å². The van der Waals surface area contributed by atoms with Gasteiger partial charge in [-0.25, -0.2) is 22.5 Å². The first-order valence-corrected chi connectivity index (χ1v) is 10.7. The Morgan fingerprint density at radius 2 is 2.06 bits per heavy atom. The third kappa shape index (κ3) is 5.77. The van der Waals surface area contributed by atoms with E-state index < -0.39 is 30.7 Å². The van der Waals surface area contributed by atoms with Gasteiger partial charge < -0.3 is 10.1 Å². The van der Waals surface area contributed by atoms with E-state index in [1.165, 1.54) is 22.4 Å². The third-order valence-electron chi connectivity index (χ3n) is 5.08. The van der Waals surface area contributed by atoms with Crippen LogP contribution in [0.4, 0.5) is 22.0 Å². The third-order valence-corrected chi connectivity index (χ3v) is 6.17. The van der Waals surface area contributed by atoms with Gasteiger partial charge in [-0.3, -0.25) is 9.69 Å². The van der Waals surface area contributed by atoms with Gasteiger partial charge in [0.15, 0.2) is 0 Å². The number of amides is 1. The quantitative estimate of drug-likeness (QED) is 0.412. The van der Waals surface area contributed by atoms with E-state index in [1.54, 1.807) is 44.3 Å². The summed E-state index contributed by atoms with van der Waals surface area (Å²) < 4.78 is 67.7. The minimum absolute atomic E-state index is 0.0174. The second-order valence-corrected chi connectivity index (χ2v) is 8.77. The van der Waals surface area contributed by atoms with Crippen molar-refractivity contribution in [1.82, 2.24) is 15.2 Å². The summed E-state index contributed by atoms with van der Waals surface area (Å²) in [5, 5.41) is 3.12. The number of alkyl halides is 4. The average molecular weight is 487 g/mol. The van der Waals surface area contributed by atoms with E-state index in [-0.39, 0.29) is 19.7 Å². The Labute approximate surface area is 191 Å². The molecule has 0 bridgehead atoms. The minimum atomic E-state index is -2.98. The molecule has 5 nitrogen and oxygen atoms in total. The summed E-state index contributed by atoms with van der Waals surface area (Å²) in [4.78, 5) is 18.7. The molecule has 1 saturated heterocycles. The molecule has 11 heteroatoms. The van der Waals surface area contributed by atoms with Crippen LogP contribution in [0.25, 0.3) is 10.1 Å². The lowest BCUT2D eigenvalue weighted by Gasteiger charge is -2.19. The highest BCUT2D eigenvalue weighted by Crippen LogP contribution is 2.34. The summed E-state index contributed by atoms with van der Waals surface area (Å²) in [6.07, 6.45) is 1.36. The SMILES string of the molecule is Cc1sc2ccc(OCc3cccnc3F)cc2c1C(=O)NC1CN(C)CC1(F)F.FCF. The molecule has 1 aliphatic heterocycles. The van der Waals surface area contributed by atoms with E-state index >= 15 is 0 Å². The average Bonchev–Trinajstić information content (AvgIpc) is 3.20. The van der Waals surface area contributed by atoms with Gasteiger partial charge >= 0.3 is 0 Å². The maximum atomic E-state index is 14.1. The highest BCUT2D eigenvalue weighted by atomic mass is 32.1. The number of rotatable bonds is 5. The molecule has 1 amide bonds. The fraction of sp³-hybridized carbons (Fsp3) is 0.364. The molecule has 4 rings (SSSR count). The van der Waals surface area contributed by atoms with Crippen molar-refractivity contribution in [1.29, 1.82) is 0 Å². The Morgan fingerprint density at radius 1 is 1.33 bits per heavy atom. The van der Waals surface area contributed by atoms with Gasteiger partial charge in [0, 0.05) is 33.3 Å². The van der Waals surface area contributed by atoms with Gasteiger partial charge in [0.2, 0.25) is 12.9 Å². The maximum Gasteiger partial charge on any atom is 0.281 e. The molecule has 1 atom stereocenters. The molecule has 0 saturated carbocycles. The normalized spacial score (nSPS) is 17.5. The van der Waals surface area contributed by atoms with Gasteiger partial charge in [0.1, 0.15) is 18.4 Å². The number of hydrogen-bond acceptors (Lipinski definition) is 5. The number of pyridine rings is 1. The molecule has 3 aromatic rings. The standard InChI is InChI=1S/C21H20F3N3O2S.CH2F2/c1-12-18(20(28)26-17-9-27(2)11-21(17,23)24)15-8-14(5-6-16(15)30-12)29-10-13-4-3-7-25-19(13)22;2-1-3/h3-8,17H,9-11H2,1-2H3,(H,26,28);1H2. The summed E-state index contributed by atoms with van der Waals surface area (Å²) >= 11 is 1.41. The van der Waals surface area contributed by atoms with Crippen LogP contribution in [0.2, 0.25) is 0 Å². The molecular weight excluding hydrogens is 465 g/mol. The van der Waals surface area contributed by atoms with Gasteiger partial charge in [-0.1, -0.05) is 0 Å². The fourth-order valence-electron chi connectivity index (χ4n) is 3.62. The van der Waals surface area contributed by atoms with Crippen LogP contribution in [-0.2, 0) is 6.61 Å². The minimum Gasteiger partial charge on any atom is -0.489 e. The van der Waals surface area contributed by atoms with Crippen LogP contribution in [-0.4, -0.2) is 54.8 Å². The van der Waals surface area contributed by atoms with Crippen molar-refractivity contribution in [2.75, 3.05) is 27.1 Å². The van der Waals surface area contributed by atoms with Gasteiger partial charge in [-0.15, -0.1) is 11.3 Å². The monoisotopic (exact) mass is 487 g/mol. The molecule has 2 aromatic heterocycles. The van der Waals surface area contributed by atoms with Crippen molar-refractivity contribution in [3.63, 3.8) is 0 Å². The van der Waals surface area contributed by atoms with Gasteiger partial charge in [0.05, 0.1) is 12.1 Å². The zero-order valence-corrected chi connectivity index (χ0v) is 18.7. The number of likely N-dealkylation sites (N-methyl/N-ethyl adjacent to an activating group) is 1. The number of aryl methyl sites for hydroxylation is 1. The highest BCUT2D eigenvalue weighted by molar-refractivity contribution is 7.19. The van der Waals surface area contributed by atoms with Crippen molar-refractivity contribution in [2.45, 2.75) is 25.5 Å². The number of benzene rings is 1. The van der Waals surface area contributed by atoms with Crippen LogP contribution < -0.4 is 10.1 Å². The lowest BCUT2D eigenvalue weighted by atomic mass is 10.1. The Balaban J connectivity index is 0.000000968. The van der Waals surface area contributed by atoms with Crippen LogP contribution in [0.1, 0.15) is 20.8 Å². The summed E-state index contributed by atoms with van der Waals surface area (Å²) in [6, 6.07) is 7.17. The van der Waals surface area contributed by atoms with E-state index in [2.05, 4.69) is 10.3 Å². The van der Waals surface area contributed by atoms with E-state index in [4.69, 9.17) is 4.74 Å². The number of thiophene rings is 1. The predicted molar refractivity (Wildman–Crippen MR) is 116 cm³/mol. The summed E-state index contributed by atoms with van der Waals surface area (Å²) in [5.74, 6) is -3.67. The summed E-state index contributed by atoms with van der Waals surface area (Å²) in [5.41, 5.74) is 0.669. The molecule has 0 spiro atoms. The number of hydrogen-bond donors (Lipinski definition) is 1. The maximum absolute atomic E-state index is 14.1. The lowest BCUT2D eigenvalue weighted by Crippen LogP contribution is -2.46. The first-order chi connectivity index (χ1) is 15.7. The molecule has 33 heavy (non-hydrogen) atoms. The second-order valence-electron chi connectivity index (χ2n) is 7.52. The first-order valence-electron chi connectivity index (χ1n) is 9.90. The molecule has 1 unspecified atom stereocenters. The molecule has 1 fully saturated rings. The zero-order valence-electron chi connectivity index (χ0n) is 17.9. The number of fused-ring (bicyclic) bond motifs is 1. The second kappa shape index (κ2) is 10.4. The Morgan fingerprint density at radius 3 is 2.70 bits per heavy atom. The predicted octanol–water partition coefficient (Wildman–Crippen LogP) is 4.88. The first kappa shape index (κ1) is 24.8. The molecular formula is C22H22F5N3O2S. The van der Waals surface area contributed by atoms with Crippen LogP contribution in [0.5, 0.6) is 5.75 Å². The molecule has 0 aliphatic carbocycles. The topological polar surface area (TPSA) is 54.5 Å². The Hall–Kier alpha value is -2.79. The number of nitrogens with one attached hydrogen (secondary N) is 1. The van der Waals surface area contributed by atoms with E-state index in [1.807, 2.05) is 0 Å². The number of carbonyl (C=O) groups is 1. The van der Waals surface area contributed by atoms with E-state index in [0.29, 0.717) is 22.3 Å². The number of halogens is 5. The smallest absolute Gasteiger partial charge is 0.281 e. The van der Waals surface area contributed by atoms with Crippen LogP contribution >= 0.6 is 11.3 Å². The summed E-state index contributed by atoms with van der Waals surface area (Å²) in [6.45, 7) is -0.282. The zero-order chi connectivity index (χ0) is 24.2. The molecule has 0 radical (unpaired) electrons. The van der Waals surface area contributed by atoms with Gasteiger partial charge in [0.25, 0.3) is 11.8 Å². The number of likely N-dealkylation sites (tertiary alicyclic amines) is 1. The Kier molecular flexibility index (Phi) is 7.85. The van der Waals surface area contributed by atoms with Gasteiger partial charge in [-0.05, 0) is 44.3 Å². The molecule has 3 heterocycles.